The fraction of sp³-hybridized carbons (Fsp3) is 0.500. The number of hydrogen-bond donors (Lipinski definition) is 1. The highest BCUT2D eigenvalue weighted by Gasteiger charge is 2.59. The van der Waals surface area contributed by atoms with Crippen LogP contribution in [0.2, 0.25) is 0 Å². The van der Waals surface area contributed by atoms with E-state index in [9.17, 15) is 26.3 Å². The van der Waals surface area contributed by atoms with Gasteiger partial charge in [0.25, 0.3) is 6.10 Å². The van der Waals surface area contributed by atoms with Gasteiger partial charge in [0.2, 0.25) is 5.88 Å². The Hall–Kier alpha value is -1.51. The first kappa shape index (κ1) is 15.5. The molecule has 1 heterocycles. The third-order valence-corrected chi connectivity index (χ3v) is 2.12. The molecule has 1 rings (SSSR count). The van der Waals surface area contributed by atoms with Gasteiger partial charge < -0.3 is 10.5 Å². The van der Waals surface area contributed by atoms with Gasteiger partial charge in [-0.15, -0.1) is 0 Å². The minimum Gasteiger partial charge on any atom is -0.454 e. The van der Waals surface area contributed by atoms with E-state index in [1.54, 1.807) is 0 Å². The van der Waals surface area contributed by atoms with Crippen molar-refractivity contribution in [3.8, 4) is 5.88 Å². The second-order valence-electron chi connectivity index (χ2n) is 3.77. The molecule has 0 radical (unpaired) electrons. The molecule has 0 aliphatic rings. The molecule has 0 spiro atoms. The lowest BCUT2D eigenvalue weighted by molar-refractivity contribution is -0.300. The first-order valence-electron chi connectivity index (χ1n) is 5.04. The molecule has 108 valence electrons. The molecule has 0 saturated carbocycles. The highest BCUT2D eigenvalue weighted by molar-refractivity contribution is 5.28. The Kier molecular flexibility index (Phi) is 4.28. The summed E-state index contributed by atoms with van der Waals surface area (Å²) in [5.41, 5.74) is 5.39. The largest absolute Gasteiger partial charge is 0.454 e. The lowest BCUT2D eigenvalue weighted by atomic mass is 10.1. The van der Waals surface area contributed by atoms with Crippen LogP contribution in [-0.2, 0) is 0 Å². The first-order valence-corrected chi connectivity index (χ1v) is 5.04. The van der Waals surface area contributed by atoms with E-state index in [0.717, 1.165) is 6.20 Å². The Morgan fingerprint density at radius 2 is 1.68 bits per heavy atom. The summed E-state index contributed by atoms with van der Waals surface area (Å²) in [6.45, 7) is 1.39. The van der Waals surface area contributed by atoms with Gasteiger partial charge in [-0.05, 0) is 13.0 Å². The van der Waals surface area contributed by atoms with E-state index >= 15 is 0 Å². The zero-order valence-electron chi connectivity index (χ0n) is 9.59. The minimum absolute atomic E-state index is 0.0407. The minimum atomic E-state index is -5.59. The number of alkyl halides is 6. The first-order chi connectivity index (χ1) is 8.53. The van der Waals surface area contributed by atoms with Gasteiger partial charge in [0.05, 0.1) is 0 Å². The summed E-state index contributed by atoms with van der Waals surface area (Å²) in [6, 6.07) is 1.77. The molecule has 19 heavy (non-hydrogen) atoms. The average Bonchev–Trinajstić information content (AvgIpc) is 2.23. The third kappa shape index (κ3) is 3.98. The lowest BCUT2D eigenvalue weighted by Gasteiger charge is -2.24. The molecule has 1 aromatic rings. The average molecular weight is 288 g/mol. The Labute approximate surface area is 104 Å². The molecule has 0 aliphatic carbocycles. The van der Waals surface area contributed by atoms with Crippen LogP contribution in [0.15, 0.2) is 18.3 Å². The monoisotopic (exact) mass is 288 g/mol. The van der Waals surface area contributed by atoms with E-state index < -0.39 is 30.4 Å². The van der Waals surface area contributed by atoms with Crippen LogP contribution in [0.4, 0.5) is 26.3 Å². The van der Waals surface area contributed by atoms with Crippen molar-refractivity contribution in [2.24, 2.45) is 5.73 Å². The van der Waals surface area contributed by atoms with Gasteiger partial charge in [0, 0.05) is 17.8 Å². The number of halogens is 6. The fourth-order valence-electron chi connectivity index (χ4n) is 1.28. The van der Waals surface area contributed by atoms with Crippen molar-refractivity contribution in [2.45, 2.75) is 31.4 Å². The normalized spacial score (nSPS) is 14.6. The molecular formula is C10H10F6N2O. The van der Waals surface area contributed by atoms with Crippen molar-refractivity contribution in [2.75, 3.05) is 0 Å². The molecule has 0 fully saturated rings. The summed E-state index contributed by atoms with van der Waals surface area (Å²) in [5.74, 6) is -0.780. The van der Waals surface area contributed by atoms with Crippen molar-refractivity contribution >= 4 is 0 Å². The predicted octanol–water partition coefficient (Wildman–Crippen LogP) is 2.97. The van der Waals surface area contributed by atoms with E-state index in [0.29, 0.717) is 0 Å². The molecule has 0 saturated heterocycles. The standard InChI is InChI=1S/C10H10F6N2O/c1-5(17)6-3-2-4-18-7(6)19-8(9(11,12)13)10(14,15)16/h2-5,8H,17H2,1H3/t5-/m1/s1. The molecule has 0 aliphatic heterocycles. The van der Waals surface area contributed by atoms with Gasteiger partial charge in [0.15, 0.2) is 0 Å². The maximum absolute atomic E-state index is 12.3. The quantitative estimate of drug-likeness (QED) is 0.870. The van der Waals surface area contributed by atoms with Crippen molar-refractivity contribution in [1.29, 1.82) is 0 Å². The lowest BCUT2D eigenvalue weighted by Crippen LogP contribution is -2.47. The van der Waals surface area contributed by atoms with Crippen molar-refractivity contribution in [1.82, 2.24) is 4.98 Å². The van der Waals surface area contributed by atoms with Gasteiger partial charge in [-0.3, -0.25) is 0 Å². The van der Waals surface area contributed by atoms with Crippen LogP contribution in [0.25, 0.3) is 0 Å². The van der Waals surface area contributed by atoms with E-state index in [2.05, 4.69) is 9.72 Å². The van der Waals surface area contributed by atoms with Crippen LogP contribution in [0.1, 0.15) is 18.5 Å². The second-order valence-corrected chi connectivity index (χ2v) is 3.77. The molecular weight excluding hydrogens is 278 g/mol. The van der Waals surface area contributed by atoms with E-state index in [1.807, 2.05) is 0 Å². The maximum Gasteiger partial charge on any atom is 0.434 e. The summed E-state index contributed by atoms with van der Waals surface area (Å²) < 4.78 is 78.0. The van der Waals surface area contributed by atoms with Crippen LogP contribution in [0.5, 0.6) is 5.88 Å². The number of rotatable bonds is 3. The number of ether oxygens (including phenoxy) is 1. The smallest absolute Gasteiger partial charge is 0.434 e. The molecule has 2 N–H and O–H groups in total. The number of pyridine rings is 1. The molecule has 0 aromatic carbocycles. The number of nitrogens with two attached hydrogens (primary N) is 1. The third-order valence-electron chi connectivity index (χ3n) is 2.12. The molecule has 0 amide bonds. The van der Waals surface area contributed by atoms with Crippen molar-refractivity contribution in [3.63, 3.8) is 0 Å². The van der Waals surface area contributed by atoms with E-state index in [1.165, 1.54) is 19.1 Å². The van der Waals surface area contributed by atoms with Gasteiger partial charge in [-0.1, -0.05) is 6.07 Å². The highest BCUT2D eigenvalue weighted by Crippen LogP contribution is 2.37. The van der Waals surface area contributed by atoms with Crippen molar-refractivity contribution < 1.29 is 31.1 Å². The number of hydrogen-bond acceptors (Lipinski definition) is 3. The second kappa shape index (κ2) is 5.24. The Bertz CT molecular complexity index is 415. The Balaban J connectivity index is 3.11. The summed E-state index contributed by atoms with van der Waals surface area (Å²) >= 11 is 0. The van der Waals surface area contributed by atoms with E-state index in [-0.39, 0.29) is 5.56 Å². The fourth-order valence-corrected chi connectivity index (χ4v) is 1.28. The number of nitrogens with zero attached hydrogens (tertiary/aromatic N) is 1. The van der Waals surface area contributed by atoms with Gasteiger partial charge in [-0.2, -0.15) is 26.3 Å². The molecule has 1 atom stereocenters. The predicted molar refractivity (Wildman–Crippen MR) is 53.4 cm³/mol. The Morgan fingerprint density at radius 1 is 1.16 bits per heavy atom. The van der Waals surface area contributed by atoms with Crippen LogP contribution >= 0.6 is 0 Å². The van der Waals surface area contributed by atoms with Crippen LogP contribution in [0.3, 0.4) is 0 Å². The Morgan fingerprint density at radius 3 is 2.11 bits per heavy atom. The molecule has 0 unspecified atom stereocenters. The van der Waals surface area contributed by atoms with Crippen LogP contribution in [0, 0.1) is 0 Å². The summed E-state index contributed by atoms with van der Waals surface area (Å²) in [5, 5.41) is 0. The SMILES string of the molecule is C[C@@H](N)c1cccnc1OC(C(F)(F)F)C(F)(F)F. The zero-order chi connectivity index (χ0) is 14.8. The molecule has 9 heteroatoms. The molecule has 1 aromatic heterocycles. The van der Waals surface area contributed by atoms with E-state index in [4.69, 9.17) is 5.73 Å². The summed E-state index contributed by atoms with van der Waals surface area (Å²) in [6.07, 6.45) is -14.1. The molecule has 3 nitrogen and oxygen atoms in total. The van der Waals surface area contributed by atoms with Gasteiger partial charge >= 0.3 is 12.4 Å². The highest BCUT2D eigenvalue weighted by atomic mass is 19.4. The number of aromatic nitrogens is 1. The summed E-state index contributed by atoms with van der Waals surface area (Å²) in [7, 11) is 0. The molecule has 0 bridgehead atoms. The van der Waals surface area contributed by atoms with Gasteiger partial charge in [-0.25, -0.2) is 4.98 Å². The van der Waals surface area contributed by atoms with Gasteiger partial charge in [0.1, 0.15) is 0 Å². The van der Waals surface area contributed by atoms with Crippen LogP contribution in [-0.4, -0.2) is 23.4 Å². The zero-order valence-corrected chi connectivity index (χ0v) is 9.59. The van der Waals surface area contributed by atoms with Crippen molar-refractivity contribution in [3.05, 3.63) is 23.9 Å². The topological polar surface area (TPSA) is 48.1 Å². The maximum atomic E-state index is 12.3. The summed E-state index contributed by atoms with van der Waals surface area (Å²) in [4.78, 5) is 3.36. The van der Waals surface area contributed by atoms with Crippen LogP contribution < -0.4 is 10.5 Å².